The van der Waals surface area contributed by atoms with E-state index in [4.69, 9.17) is 4.84 Å². The molecule has 0 aliphatic heterocycles. The molecule has 10 heavy (non-hydrogen) atoms. The molecule has 3 heteroatoms. The van der Waals surface area contributed by atoms with Crippen LogP contribution in [0.4, 0.5) is 0 Å². The number of nitrogens with zero attached hydrogens (tertiary/aromatic N) is 2. The molecule has 0 bridgehead atoms. The molecule has 0 radical (unpaired) electrons. The Morgan fingerprint density at radius 3 is 2.70 bits per heavy atom. The van der Waals surface area contributed by atoms with E-state index in [1.165, 1.54) is 0 Å². The number of hydrogen-bond donors (Lipinski definition) is 0. The van der Waals surface area contributed by atoms with Crippen LogP contribution in [0.5, 0.6) is 0 Å². The van der Waals surface area contributed by atoms with Crippen molar-refractivity contribution in [2.24, 2.45) is 0 Å². The van der Waals surface area contributed by atoms with Gasteiger partial charge in [-0.3, -0.25) is 0 Å². The largest absolute Gasteiger partial charge is 0.416 e. The van der Waals surface area contributed by atoms with Gasteiger partial charge in [-0.2, -0.15) is 4.73 Å². The molecule has 0 saturated heterocycles. The Labute approximate surface area is 60.6 Å². The predicted molar refractivity (Wildman–Crippen MR) is 38.8 cm³/mol. The van der Waals surface area contributed by atoms with Crippen molar-refractivity contribution >= 4 is 0 Å². The highest BCUT2D eigenvalue weighted by atomic mass is 16.6. The molecular formula is C7H12N2O. The average molecular weight is 140 g/mol. The highest BCUT2D eigenvalue weighted by Gasteiger charge is 2.05. The molecule has 0 aromatic carbocycles. The van der Waals surface area contributed by atoms with Gasteiger partial charge in [-0.15, -0.1) is 0 Å². The van der Waals surface area contributed by atoms with Crippen LogP contribution in [-0.4, -0.2) is 16.8 Å². The third kappa shape index (κ3) is 1.12. The smallest absolute Gasteiger partial charge is 0.147 e. The zero-order valence-electron chi connectivity index (χ0n) is 6.53. The molecule has 0 saturated carbocycles. The van der Waals surface area contributed by atoms with E-state index in [0.29, 0.717) is 5.92 Å². The first-order valence-corrected chi connectivity index (χ1v) is 3.33. The van der Waals surface area contributed by atoms with Gasteiger partial charge in [-0.05, 0) is 0 Å². The summed E-state index contributed by atoms with van der Waals surface area (Å²) in [6.45, 7) is 4.16. The van der Waals surface area contributed by atoms with Gasteiger partial charge in [-0.25, -0.2) is 4.98 Å². The van der Waals surface area contributed by atoms with Crippen molar-refractivity contribution in [1.29, 1.82) is 0 Å². The fourth-order valence-electron chi connectivity index (χ4n) is 0.861. The van der Waals surface area contributed by atoms with Crippen LogP contribution in [0.25, 0.3) is 0 Å². The zero-order chi connectivity index (χ0) is 7.56. The zero-order valence-corrected chi connectivity index (χ0v) is 6.53. The summed E-state index contributed by atoms with van der Waals surface area (Å²) in [5.74, 6) is 1.37. The standard InChI is InChI=1S/C7H12N2O/c1-6(2)7-8-4-5-9(7)10-3/h4-6H,1-3H3. The second kappa shape index (κ2) is 2.73. The first-order valence-electron chi connectivity index (χ1n) is 3.33. The van der Waals surface area contributed by atoms with E-state index < -0.39 is 0 Å². The third-order valence-electron chi connectivity index (χ3n) is 1.35. The van der Waals surface area contributed by atoms with Gasteiger partial charge >= 0.3 is 0 Å². The van der Waals surface area contributed by atoms with Gasteiger partial charge in [0.05, 0.1) is 6.20 Å². The van der Waals surface area contributed by atoms with E-state index in [9.17, 15) is 0 Å². The fourth-order valence-corrected chi connectivity index (χ4v) is 0.861. The molecule has 56 valence electrons. The number of aromatic nitrogens is 2. The average Bonchev–Trinajstić information content (AvgIpc) is 2.33. The normalized spacial score (nSPS) is 10.4. The van der Waals surface area contributed by atoms with E-state index in [-0.39, 0.29) is 0 Å². The Balaban J connectivity index is 2.90. The van der Waals surface area contributed by atoms with Crippen LogP contribution in [-0.2, 0) is 0 Å². The molecule has 1 aromatic rings. The van der Waals surface area contributed by atoms with Crippen LogP contribution in [0.15, 0.2) is 12.4 Å². The van der Waals surface area contributed by atoms with E-state index in [0.717, 1.165) is 5.82 Å². The van der Waals surface area contributed by atoms with Crippen LogP contribution in [0.1, 0.15) is 25.6 Å². The molecule has 0 amide bonds. The highest BCUT2D eigenvalue weighted by molar-refractivity contribution is 4.94. The maximum atomic E-state index is 5.00. The van der Waals surface area contributed by atoms with Gasteiger partial charge in [0.2, 0.25) is 0 Å². The summed E-state index contributed by atoms with van der Waals surface area (Å²) >= 11 is 0. The Bertz CT molecular complexity index is 205. The lowest BCUT2D eigenvalue weighted by atomic mass is 10.2. The third-order valence-corrected chi connectivity index (χ3v) is 1.35. The number of imidazole rings is 1. The lowest BCUT2D eigenvalue weighted by molar-refractivity contribution is 0.155. The second-order valence-corrected chi connectivity index (χ2v) is 2.45. The SMILES string of the molecule is COn1ccnc1C(C)C. The molecule has 0 aliphatic carbocycles. The van der Waals surface area contributed by atoms with Crippen LogP contribution in [0.3, 0.4) is 0 Å². The van der Waals surface area contributed by atoms with E-state index in [1.807, 2.05) is 0 Å². The summed E-state index contributed by atoms with van der Waals surface area (Å²) in [7, 11) is 1.63. The van der Waals surface area contributed by atoms with Crippen LogP contribution in [0.2, 0.25) is 0 Å². The molecule has 1 rings (SSSR count). The molecule has 1 aromatic heterocycles. The van der Waals surface area contributed by atoms with Crippen molar-refractivity contribution in [3.63, 3.8) is 0 Å². The highest BCUT2D eigenvalue weighted by Crippen LogP contribution is 2.09. The van der Waals surface area contributed by atoms with E-state index in [2.05, 4.69) is 18.8 Å². The minimum Gasteiger partial charge on any atom is -0.416 e. The summed E-state index contributed by atoms with van der Waals surface area (Å²) < 4.78 is 1.67. The van der Waals surface area contributed by atoms with Crippen molar-refractivity contribution in [3.05, 3.63) is 18.2 Å². The van der Waals surface area contributed by atoms with E-state index in [1.54, 1.807) is 24.2 Å². The van der Waals surface area contributed by atoms with Gasteiger partial charge in [-0.1, -0.05) is 13.8 Å². The van der Waals surface area contributed by atoms with Gasteiger partial charge in [0.15, 0.2) is 0 Å². The van der Waals surface area contributed by atoms with Gasteiger partial charge < -0.3 is 4.84 Å². The summed E-state index contributed by atoms with van der Waals surface area (Å²) in [5.41, 5.74) is 0. The first-order chi connectivity index (χ1) is 4.75. The minimum atomic E-state index is 0.412. The summed E-state index contributed by atoms with van der Waals surface area (Å²) in [4.78, 5) is 9.13. The van der Waals surface area contributed by atoms with E-state index >= 15 is 0 Å². The summed E-state index contributed by atoms with van der Waals surface area (Å²) in [6.07, 6.45) is 3.54. The Hall–Kier alpha value is -0.990. The molecule has 0 fully saturated rings. The first kappa shape index (κ1) is 7.12. The lowest BCUT2D eigenvalue weighted by Crippen LogP contribution is -2.10. The molecule has 1 heterocycles. The van der Waals surface area contributed by atoms with Crippen LogP contribution < -0.4 is 4.84 Å². The predicted octanol–water partition coefficient (Wildman–Crippen LogP) is 1.06. The van der Waals surface area contributed by atoms with Crippen LogP contribution >= 0.6 is 0 Å². The molecule has 0 N–H and O–H groups in total. The molecule has 0 unspecified atom stereocenters. The van der Waals surface area contributed by atoms with Crippen molar-refractivity contribution in [1.82, 2.24) is 9.71 Å². The van der Waals surface area contributed by atoms with Crippen molar-refractivity contribution in [3.8, 4) is 0 Å². The maximum absolute atomic E-state index is 5.00. The topological polar surface area (TPSA) is 27.1 Å². The minimum absolute atomic E-state index is 0.412. The fraction of sp³-hybridized carbons (Fsp3) is 0.571. The molecular weight excluding hydrogens is 128 g/mol. The van der Waals surface area contributed by atoms with Gasteiger partial charge in [0.25, 0.3) is 0 Å². The van der Waals surface area contributed by atoms with Gasteiger partial charge in [0.1, 0.15) is 12.9 Å². The van der Waals surface area contributed by atoms with Crippen molar-refractivity contribution in [2.75, 3.05) is 7.11 Å². The second-order valence-electron chi connectivity index (χ2n) is 2.45. The molecule has 3 nitrogen and oxygen atoms in total. The molecule has 0 spiro atoms. The maximum Gasteiger partial charge on any atom is 0.147 e. The summed E-state index contributed by atoms with van der Waals surface area (Å²) in [6, 6.07) is 0. The molecule has 0 aliphatic rings. The Kier molecular flexibility index (Phi) is 1.94. The Morgan fingerprint density at radius 2 is 2.30 bits per heavy atom. The van der Waals surface area contributed by atoms with Crippen LogP contribution in [0, 0.1) is 0 Å². The van der Waals surface area contributed by atoms with Crippen molar-refractivity contribution < 1.29 is 4.84 Å². The Morgan fingerprint density at radius 1 is 1.60 bits per heavy atom. The summed E-state index contributed by atoms with van der Waals surface area (Å²) in [5, 5.41) is 0. The quantitative estimate of drug-likeness (QED) is 0.614. The van der Waals surface area contributed by atoms with Gasteiger partial charge in [0, 0.05) is 12.1 Å². The lowest BCUT2D eigenvalue weighted by Gasteiger charge is -2.06. The molecule has 0 atom stereocenters. The number of hydrogen-bond acceptors (Lipinski definition) is 2. The number of rotatable bonds is 2. The van der Waals surface area contributed by atoms with Crippen molar-refractivity contribution in [2.45, 2.75) is 19.8 Å². The monoisotopic (exact) mass is 140 g/mol.